The van der Waals surface area contributed by atoms with Crippen molar-refractivity contribution in [1.82, 2.24) is 0 Å². The molecule has 0 spiro atoms. The van der Waals surface area contributed by atoms with Crippen LogP contribution in [-0.2, 0) is 25.7 Å². The van der Waals surface area contributed by atoms with Crippen LogP contribution in [0.25, 0.3) is 55.6 Å². The smallest absolute Gasteiger partial charge is 0.123 e. The van der Waals surface area contributed by atoms with Crippen LogP contribution in [0.5, 0.6) is 11.5 Å². The Morgan fingerprint density at radius 1 is 0.201 bits per heavy atom. The van der Waals surface area contributed by atoms with E-state index in [0.717, 1.165) is 215 Å². The predicted octanol–water partition coefficient (Wildman–Crippen LogP) is 34.4. The molecule has 3 aliphatic carbocycles. The summed E-state index contributed by atoms with van der Waals surface area (Å²) in [5, 5.41) is 0. The van der Waals surface area contributed by atoms with E-state index in [2.05, 4.69) is 337 Å². The van der Waals surface area contributed by atoms with Crippen LogP contribution in [0.15, 0.2) is 473 Å². The molecule has 20 aromatic carbocycles. The Morgan fingerprint density at radius 2 is 0.383 bits per heavy atom. The van der Waals surface area contributed by atoms with Gasteiger partial charge in [-0.2, -0.15) is 0 Å². The van der Waals surface area contributed by atoms with Crippen molar-refractivity contribution in [3.63, 3.8) is 0 Å². The highest BCUT2D eigenvalue weighted by Gasteiger charge is 2.51. The molecule has 2 unspecified atom stereocenters. The first kappa shape index (κ1) is 92.8. The summed E-state index contributed by atoms with van der Waals surface area (Å²) in [5.74, 6) is -0.578. The van der Waals surface area contributed by atoms with E-state index in [4.69, 9.17) is 18.9 Å². The molecule has 2 saturated heterocycles. The summed E-state index contributed by atoms with van der Waals surface area (Å²) >= 11 is 0. The molecule has 0 saturated carbocycles. The van der Waals surface area contributed by atoms with Crippen LogP contribution < -0.4 is 29.1 Å². The Labute approximate surface area is 862 Å². The largest absolute Gasteiger partial charge is 0.493 e. The van der Waals surface area contributed by atoms with Crippen molar-refractivity contribution < 1.29 is 45.3 Å². The highest BCUT2D eigenvalue weighted by Crippen LogP contribution is 2.62. The molecule has 2 aliphatic heterocycles. The second kappa shape index (κ2) is 37.9. The van der Waals surface area contributed by atoms with Gasteiger partial charge in [-0.1, -0.05) is 244 Å². The summed E-state index contributed by atoms with van der Waals surface area (Å²) in [5.41, 5.74) is 29.6. The minimum atomic E-state index is -0.895. The maximum Gasteiger partial charge on any atom is 0.123 e. The Morgan fingerprint density at radius 3 is 0.611 bits per heavy atom. The van der Waals surface area contributed by atoms with Gasteiger partial charge in [0, 0.05) is 68.2 Å². The van der Waals surface area contributed by atoms with Crippen molar-refractivity contribution in [3.8, 4) is 67.1 Å². The van der Waals surface area contributed by atoms with Crippen molar-refractivity contribution in [1.29, 1.82) is 0 Å². The van der Waals surface area contributed by atoms with Crippen molar-refractivity contribution in [2.75, 3.05) is 59.2 Å². The molecular formula is C135H100F6N4O4. The Balaban J connectivity index is 0.517. The number of fused-ring (bicyclic) bond motifs is 9. The van der Waals surface area contributed by atoms with Crippen molar-refractivity contribution in [3.05, 3.63) is 575 Å². The van der Waals surface area contributed by atoms with Gasteiger partial charge in [0.1, 0.15) is 46.4 Å². The average Bonchev–Trinajstić information content (AvgIpc) is 1.54. The first-order valence-corrected chi connectivity index (χ1v) is 50.7. The lowest BCUT2D eigenvalue weighted by atomic mass is 9.67. The first-order valence-electron chi connectivity index (χ1n) is 50.7. The van der Waals surface area contributed by atoms with Gasteiger partial charge >= 0.3 is 0 Å². The summed E-state index contributed by atoms with van der Waals surface area (Å²) in [4.78, 5) is 8.59. The number of hydrogen-bond donors (Lipinski definition) is 0. The maximum absolute atomic E-state index is 15.2. The number of ether oxygens (including phenoxy) is 4. The molecule has 0 aromatic heterocycles. The van der Waals surface area contributed by atoms with Crippen molar-refractivity contribution >= 4 is 68.2 Å². The first-order chi connectivity index (χ1) is 73.0. The molecule has 8 nitrogen and oxygen atoms in total. The molecule has 2 atom stereocenters. The third kappa shape index (κ3) is 16.1. The standard InChI is InChI=1S/C135H100F6N4O4/c1-3-131(83-146-84-131)87-148-117-75-37-97(38-76-117)134(93-29-41-99(136)42-30-93)127-19-11-7-15-121(127)123-79-73-115(81-129(123)134)144(113-69-49-103(140)50-70-113)107-57-25-91(26-58-107)89-21-53-105(54-22-89)142(111-65-45-101(138)46-66-111)109-61-33-95(34-62-109)133(125-17-9-5-13-119(125)120-14-6-10-18-126(120)133)96-35-63-110(64-36-96)143(112-67-47-102(139)48-68-112)106-55-23-90(24-56-106)92-27-59-108(60-28-92)145(114-71-51-104(141)52-72-114)116-74-80-124-122-16-8-12-20-128(122)135(130(124)82-116,94-31-43-100(137)44-32-94)98-39-77-118(78-40-98)149-88-132(4-2)85-147-86-132/h5-82H,3-4,83-88H2,1-2H3. The minimum Gasteiger partial charge on any atom is -0.493 e. The lowest BCUT2D eigenvalue weighted by Crippen LogP contribution is -2.46. The van der Waals surface area contributed by atoms with E-state index in [1.54, 1.807) is 48.5 Å². The molecule has 726 valence electrons. The summed E-state index contributed by atoms with van der Waals surface area (Å²) in [6.07, 6.45) is 1.91. The lowest BCUT2D eigenvalue weighted by molar-refractivity contribution is -0.133. The zero-order chi connectivity index (χ0) is 101. The monoisotopic (exact) mass is 1950 g/mol. The molecule has 0 amide bonds. The van der Waals surface area contributed by atoms with Crippen LogP contribution in [0.2, 0.25) is 0 Å². The van der Waals surface area contributed by atoms with Gasteiger partial charge in [-0.05, 0) is 378 Å². The third-order valence-electron chi connectivity index (χ3n) is 31.5. The molecule has 20 aromatic rings. The topological polar surface area (TPSA) is 49.9 Å². The molecule has 14 heteroatoms. The number of hydrogen-bond acceptors (Lipinski definition) is 8. The van der Waals surface area contributed by atoms with E-state index in [9.17, 15) is 0 Å². The van der Waals surface area contributed by atoms with Crippen LogP contribution in [0, 0.1) is 45.7 Å². The molecule has 5 aliphatic rings. The van der Waals surface area contributed by atoms with Gasteiger partial charge in [-0.15, -0.1) is 0 Å². The normalized spacial score (nSPS) is 15.8. The van der Waals surface area contributed by atoms with Crippen molar-refractivity contribution in [2.24, 2.45) is 10.8 Å². The van der Waals surface area contributed by atoms with Crippen LogP contribution in [-0.4, -0.2) is 39.6 Å². The average molecular weight is 1960 g/mol. The molecule has 0 bridgehead atoms. The predicted molar refractivity (Wildman–Crippen MR) is 586 cm³/mol. The molecular weight excluding hydrogens is 1860 g/mol. The minimum absolute atomic E-state index is 0.0113. The molecule has 149 heavy (non-hydrogen) atoms. The van der Waals surface area contributed by atoms with Gasteiger partial charge in [-0.3, -0.25) is 0 Å². The second-order valence-corrected chi connectivity index (χ2v) is 39.8. The van der Waals surface area contributed by atoms with E-state index in [1.165, 1.54) is 72.8 Å². The zero-order valence-electron chi connectivity index (χ0n) is 81.9. The Hall–Kier alpha value is -17.3. The van der Waals surface area contributed by atoms with Gasteiger partial charge < -0.3 is 38.5 Å². The van der Waals surface area contributed by atoms with Crippen LogP contribution >= 0.6 is 0 Å². The van der Waals surface area contributed by atoms with Gasteiger partial charge in [0.2, 0.25) is 0 Å². The third-order valence-corrected chi connectivity index (χ3v) is 31.5. The van der Waals surface area contributed by atoms with E-state index in [1.807, 2.05) is 48.5 Å². The molecule has 0 N–H and O–H groups in total. The zero-order valence-corrected chi connectivity index (χ0v) is 81.9. The van der Waals surface area contributed by atoms with Gasteiger partial charge in [0.15, 0.2) is 0 Å². The number of halogens is 6. The molecule has 2 heterocycles. The molecule has 2 fully saturated rings. The van der Waals surface area contributed by atoms with E-state index in [0.29, 0.717) is 39.6 Å². The summed E-state index contributed by atoms with van der Waals surface area (Å²) in [6.45, 7) is 8.13. The fraction of sp³-hybridized carbons (Fsp3) is 0.111. The fourth-order valence-electron chi connectivity index (χ4n) is 23.5. The van der Waals surface area contributed by atoms with Crippen LogP contribution in [0.4, 0.5) is 94.6 Å². The highest BCUT2D eigenvalue weighted by molar-refractivity contribution is 5.94. The lowest BCUT2D eigenvalue weighted by Gasteiger charge is -2.40. The second-order valence-electron chi connectivity index (χ2n) is 39.8. The molecule has 0 radical (unpaired) electrons. The van der Waals surface area contributed by atoms with E-state index >= 15 is 26.3 Å². The molecule has 25 rings (SSSR count). The van der Waals surface area contributed by atoms with Crippen LogP contribution in [0.3, 0.4) is 0 Å². The highest BCUT2D eigenvalue weighted by atomic mass is 19.1. The fourth-order valence-corrected chi connectivity index (χ4v) is 23.5. The Kier molecular flexibility index (Phi) is 23.6. The quantitative estimate of drug-likeness (QED) is 0.0450. The number of rotatable bonds is 28. The van der Waals surface area contributed by atoms with Crippen LogP contribution in [0.1, 0.15) is 93.5 Å². The maximum atomic E-state index is 15.2. The van der Waals surface area contributed by atoms with E-state index in [-0.39, 0.29) is 45.7 Å². The SMILES string of the molecule is CCC1(COc2ccc(C3(c4ccc(F)cc4)c4ccccc4-c4ccc(N(c5ccc(F)cc5)c5ccc(-c6ccc(N(c7ccc(F)cc7)c7ccc(C8(c9ccc(N(c%10ccc(F)cc%10)c%10ccc(-c%11ccc(N(c%12ccc(F)cc%12)c%12ccc%13c(c%12)C(c%12ccc(F)cc%12)(c%12ccc(OCC%14(CC)COC%14)cc%12)c%12ccccc%12-%13)cc%11)cc%10)cc9)c9ccccc9-c9ccccc98)cc7)cc6)cc5)cc43)cc2)COC1. The van der Waals surface area contributed by atoms with Gasteiger partial charge in [0.25, 0.3) is 0 Å². The summed E-state index contributed by atoms with van der Waals surface area (Å²) in [6, 6.07) is 155. The van der Waals surface area contributed by atoms with Gasteiger partial charge in [0.05, 0.1) is 66.7 Å². The van der Waals surface area contributed by atoms with E-state index < -0.39 is 16.2 Å². The summed E-state index contributed by atoms with van der Waals surface area (Å²) in [7, 11) is 0. The number of anilines is 12. The van der Waals surface area contributed by atoms with Crippen molar-refractivity contribution in [2.45, 2.75) is 42.9 Å². The summed E-state index contributed by atoms with van der Waals surface area (Å²) < 4.78 is 115. The number of benzene rings is 20. The van der Waals surface area contributed by atoms with Gasteiger partial charge in [-0.25, -0.2) is 26.3 Å². The number of nitrogens with zero attached hydrogens (tertiary/aromatic N) is 4. The Bertz CT molecular complexity index is 7860.